The average molecular weight is 496 g/mol. The molecule has 3 aromatic rings. The topological polar surface area (TPSA) is 83.8 Å². The van der Waals surface area contributed by atoms with Crippen molar-refractivity contribution in [3.05, 3.63) is 97.5 Å². The molecule has 0 aliphatic carbocycles. The maximum Gasteiger partial charge on any atom is 0.269 e. The summed E-state index contributed by atoms with van der Waals surface area (Å²) in [6.45, 7) is 4.18. The molecule has 1 aromatic heterocycles. The summed E-state index contributed by atoms with van der Waals surface area (Å²) >= 11 is 1.64. The minimum Gasteiger partial charge on any atom is -0.330 e. The Kier molecular flexibility index (Phi) is 7.25. The molecule has 7 nitrogen and oxygen atoms in total. The molecule has 0 spiro atoms. The first-order valence-corrected chi connectivity index (χ1v) is 12.3. The van der Waals surface area contributed by atoms with Crippen molar-refractivity contribution < 1.29 is 18.9 Å². The highest BCUT2D eigenvalue weighted by atomic mass is 32.1. The Morgan fingerprint density at radius 1 is 1.17 bits per heavy atom. The molecule has 1 aliphatic heterocycles. The predicted octanol–water partition coefficient (Wildman–Crippen LogP) is 5.21. The number of nitrogens with zero attached hydrogens (tertiary/aromatic N) is 3. The van der Waals surface area contributed by atoms with Gasteiger partial charge in [-0.25, -0.2) is 4.39 Å². The lowest BCUT2D eigenvalue weighted by atomic mass is 9.93. The summed E-state index contributed by atoms with van der Waals surface area (Å²) in [5.41, 5.74) is 2.03. The number of thiophene rings is 1. The zero-order chi connectivity index (χ0) is 25.1. The van der Waals surface area contributed by atoms with Gasteiger partial charge >= 0.3 is 0 Å². The monoisotopic (exact) mass is 495 g/mol. The predicted molar refractivity (Wildman–Crippen MR) is 132 cm³/mol. The van der Waals surface area contributed by atoms with Gasteiger partial charge in [-0.05, 0) is 66.6 Å². The summed E-state index contributed by atoms with van der Waals surface area (Å²) in [6, 6.07) is 13.0. The standard InChI is InChI=1S/C26H26FN3O4S/c1-3-17(2)29(26(32)19-6-10-21(11-7-19)30(33)34)16-24(31)28-14-12-23-22(13-15-35-23)25(28)18-4-8-20(27)9-5-18/h4-11,13,15,17,25H,3,12,14,16H2,1-2H3. The second-order valence-electron chi connectivity index (χ2n) is 8.58. The summed E-state index contributed by atoms with van der Waals surface area (Å²) in [6.07, 6.45) is 1.36. The van der Waals surface area contributed by atoms with Gasteiger partial charge in [0.2, 0.25) is 5.91 Å². The van der Waals surface area contributed by atoms with Crippen molar-refractivity contribution in [1.82, 2.24) is 9.80 Å². The summed E-state index contributed by atoms with van der Waals surface area (Å²) in [5.74, 6) is -0.898. The van der Waals surface area contributed by atoms with Crippen molar-refractivity contribution in [2.24, 2.45) is 0 Å². The normalized spacial score (nSPS) is 15.9. The second kappa shape index (κ2) is 10.4. The first-order chi connectivity index (χ1) is 16.8. The van der Waals surface area contributed by atoms with Crippen LogP contribution in [0, 0.1) is 15.9 Å². The fourth-order valence-electron chi connectivity index (χ4n) is 4.37. The van der Waals surface area contributed by atoms with Crippen LogP contribution in [0.25, 0.3) is 0 Å². The van der Waals surface area contributed by atoms with Crippen LogP contribution in [0.4, 0.5) is 10.1 Å². The molecule has 2 aromatic carbocycles. The Hall–Kier alpha value is -3.59. The van der Waals surface area contributed by atoms with Gasteiger partial charge in [0.15, 0.2) is 0 Å². The second-order valence-corrected chi connectivity index (χ2v) is 9.59. The van der Waals surface area contributed by atoms with Crippen LogP contribution in [0.1, 0.15) is 52.7 Å². The highest BCUT2D eigenvalue weighted by Crippen LogP contribution is 2.38. The van der Waals surface area contributed by atoms with Gasteiger partial charge in [-0.15, -0.1) is 11.3 Å². The SMILES string of the molecule is CCC(C)N(CC(=O)N1CCc2sccc2C1c1ccc(F)cc1)C(=O)c1ccc([N+](=O)[O-])cc1. The van der Waals surface area contributed by atoms with Gasteiger partial charge in [0.25, 0.3) is 11.6 Å². The van der Waals surface area contributed by atoms with Crippen molar-refractivity contribution in [1.29, 1.82) is 0 Å². The van der Waals surface area contributed by atoms with Crippen molar-refractivity contribution >= 4 is 28.8 Å². The third-order valence-corrected chi connectivity index (χ3v) is 7.48. The van der Waals surface area contributed by atoms with E-state index in [0.29, 0.717) is 13.0 Å². The molecular weight excluding hydrogens is 469 g/mol. The number of hydrogen-bond acceptors (Lipinski definition) is 5. The van der Waals surface area contributed by atoms with Gasteiger partial charge in [0, 0.05) is 35.2 Å². The van der Waals surface area contributed by atoms with E-state index in [1.165, 1.54) is 46.2 Å². The molecule has 0 bridgehead atoms. The van der Waals surface area contributed by atoms with E-state index in [2.05, 4.69) is 0 Å². The Balaban J connectivity index is 1.62. The van der Waals surface area contributed by atoms with Gasteiger partial charge < -0.3 is 9.80 Å². The summed E-state index contributed by atoms with van der Waals surface area (Å²) in [4.78, 5) is 41.9. The highest BCUT2D eigenvalue weighted by Gasteiger charge is 2.35. The van der Waals surface area contributed by atoms with Crippen LogP contribution in [0.5, 0.6) is 0 Å². The van der Waals surface area contributed by atoms with E-state index in [4.69, 9.17) is 0 Å². The van der Waals surface area contributed by atoms with Crippen LogP contribution in [0.3, 0.4) is 0 Å². The van der Waals surface area contributed by atoms with Crippen LogP contribution < -0.4 is 0 Å². The molecule has 9 heteroatoms. The maximum absolute atomic E-state index is 13.7. The van der Waals surface area contributed by atoms with Crippen LogP contribution >= 0.6 is 11.3 Å². The molecule has 0 fully saturated rings. The van der Waals surface area contributed by atoms with E-state index in [1.54, 1.807) is 28.4 Å². The minimum atomic E-state index is -0.519. The van der Waals surface area contributed by atoms with E-state index < -0.39 is 4.92 Å². The van der Waals surface area contributed by atoms with E-state index in [9.17, 15) is 24.1 Å². The van der Waals surface area contributed by atoms with Crippen LogP contribution in [-0.4, -0.2) is 45.7 Å². The fourth-order valence-corrected chi connectivity index (χ4v) is 5.27. The maximum atomic E-state index is 13.7. The number of carbonyl (C=O) groups excluding carboxylic acids is 2. The first-order valence-electron chi connectivity index (χ1n) is 11.5. The largest absolute Gasteiger partial charge is 0.330 e. The molecule has 2 amide bonds. The molecule has 2 heterocycles. The lowest BCUT2D eigenvalue weighted by molar-refractivity contribution is -0.384. The zero-order valence-corrected chi connectivity index (χ0v) is 20.3. The van der Waals surface area contributed by atoms with Crippen molar-refractivity contribution in [2.75, 3.05) is 13.1 Å². The Morgan fingerprint density at radius 2 is 1.86 bits per heavy atom. The van der Waals surface area contributed by atoms with Crippen molar-refractivity contribution in [3.63, 3.8) is 0 Å². The third kappa shape index (κ3) is 5.09. The Morgan fingerprint density at radius 3 is 2.49 bits per heavy atom. The number of amides is 2. The number of fused-ring (bicyclic) bond motifs is 1. The molecule has 0 N–H and O–H groups in total. The molecule has 4 rings (SSSR count). The smallest absolute Gasteiger partial charge is 0.269 e. The third-order valence-electron chi connectivity index (χ3n) is 6.49. The molecule has 1 aliphatic rings. The number of benzene rings is 2. The molecule has 2 atom stereocenters. The molecule has 182 valence electrons. The fraction of sp³-hybridized carbons (Fsp3) is 0.308. The molecule has 35 heavy (non-hydrogen) atoms. The van der Waals surface area contributed by atoms with E-state index in [1.807, 2.05) is 25.3 Å². The molecule has 0 saturated heterocycles. The van der Waals surface area contributed by atoms with E-state index in [0.717, 1.165) is 17.5 Å². The van der Waals surface area contributed by atoms with Crippen LogP contribution in [-0.2, 0) is 11.2 Å². The molecular formula is C26H26FN3O4S. The quantitative estimate of drug-likeness (QED) is 0.333. The number of nitro groups is 1. The number of nitro benzene ring substituents is 1. The van der Waals surface area contributed by atoms with Crippen LogP contribution in [0.2, 0.25) is 0 Å². The highest BCUT2D eigenvalue weighted by molar-refractivity contribution is 7.10. The number of non-ortho nitro benzene ring substituents is 1. The van der Waals surface area contributed by atoms with Gasteiger partial charge in [-0.2, -0.15) is 0 Å². The Bertz CT molecular complexity index is 1230. The summed E-state index contributed by atoms with van der Waals surface area (Å²) in [5, 5.41) is 13.0. The molecule has 0 radical (unpaired) electrons. The molecule has 0 saturated carbocycles. The number of rotatable bonds is 7. The molecule has 2 unspecified atom stereocenters. The first kappa shape index (κ1) is 24.5. The summed E-state index contributed by atoms with van der Waals surface area (Å²) < 4.78 is 13.6. The van der Waals surface area contributed by atoms with Gasteiger partial charge in [-0.1, -0.05) is 19.1 Å². The number of hydrogen-bond donors (Lipinski definition) is 0. The van der Waals surface area contributed by atoms with E-state index in [-0.39, 0.29) is 47.5 Å². The zero-order valence-electron chi connectivity index (χ0n) is 19.5. The van der Waals surface area contributed by atoms with Crippen molar-refractivity contribution in [2.45, 2.75) is 38.8 Å². The lowest BCUT2D eigenvalue weighted by Gasteiger charge is -2.38. The number of carbonyl (C=O) groups is 2. The number of halogens is 1. The van der Waals surface area contributed by atoms with Gasteiger partial charge in [0.05, 0.1) is 11.0 Å². The minimum absolute atomic E-state index is 0.102. The summed E-state index contributed by atoms with van der Waals surface area (Å²) in [7, 11) is 0. The van der Waals surface area contributed by atoms with E-state index >= 15 is 0 Å². The average Bonchev–Trinajstić information content (AvgIpc) is 3.35. The van der Waals surface area contributed by atoms with Crippen LogP contribution in [0.15, 0.2) is 60.0 Å². The Labute approximate surface area is 206 Å². The van der Waals surface area contributed by atoms with Gasteiger partial charge in [0.1, 0.15) is 12.4 Å². The lowest BCUT2D eigenvalue weighted by Crippen LogP contribution is -2.49. The van der Waals surface area contributed by atoms with Gasteiger partial charge in [-0.3, -0.25) is 19.7 Å². The van der Waals surface area contributed by atoms with Crippen molar-refractivity contribution in [3.8, 4) is 0 Å².